The first-order valence-electron chi connectivity index (χ1n) is 7.74. The lowest BCUT2D eigenvalue weighted by molar-refractivity contribution is -0.386. The van der Waals surface area contributed by atoms with E-state index >= 15 is 0 Å². The molecule has 0 spiro atoms. The Kier molecular flexibility index (Phi) is 5.93. The molecule has 0 saturated heterocycles. The van der Waals surface area contributed by atoms with Gasteiger partial charge in [0.15, 0.2) is 0 Å². The predicted molar refractivity (Wildman–Crippen MR) is 97.4 cm³/mol. The van der Waals surface area contributed by atoms with Gasteiger partial charge in [-0.05, 0) is 32.0 Å². The van der Waals surface area contributed by atoms with Crippen LogP contribution in [-0.2, 0) is 16.1 Å². The molecule has 1 aromatic heterocycles. The van der Waals surface area contributed by atoms with Crippen molar-refractivity contribution in [2.75, 3.05) is 10.6 Å². The van der Waals surface area contributed by atoms with Gasteiger partial charge in [0, 0.05) is 18.4 Å². The maximum absolute atomic E-state index is 12.2. The first-order valence-corrected chi connectivity index (χ1v) is 8.12. The standard InChI is InChI=1S/C16H18ClN5O4/c1-9-16(22(25)26)10(2)21(20-9)7-6-15(24)19-13-5-4-12(17)8-14(13)18-11(3)23/h4-5,8H,6-7H2,1-3H3,(H,18,23)(H,19,24). The van der Waals surface area contributed by atoms with Crippen LogP contribution in [0.3, 0.4) is 0 Å². The maximum Gasteiger partial charge on any atom is 0.312 e. The third-order valence-corrected chi connectivity index (χ3v) is 3.88. The van der Waals surface area contributed by atoms with Crippen LogP contribution in [0.15, 0.2) is 18.2 Å². The number of hydrogen-bond acceptors (Lipinski definition) is 5. The number of nitro groups is 1. The number of aromatic nitrogens is 2. The van der Waals surface area contributed by atoms with Gasteiger partial charge in [-0.2, -0.15) is 5.10 Å². The Hall–Kier alpha value is -2.94. The molecule has 0 unspecified atom stereocenters. The number of carbonyl (C=O) groups excluding carboxylic acids is 2. The van der Waals surface area contributed by atoms with Gasteiger partial charge in [-0.25, -0.2) is 0 Å². The first kappa shape index (κ1) is 19.4. The van der Waals surface area contributed by atoms with Crippen molar-refractivity contribution in [3.63, 3.8) is 0 Å². The number of amides is 2. The average molecular weight is 380 g/mol. The quantitative estimate of drug-likeness (QED) is 0.590. The summed E-state index contributed by atoms with van der Waals surface area (Å²) < 4.78 is 1.43. The van der Waals surface area contributed by atoms with Crippen molar-refractivity contribution in [2.45, 2.75) is 33.7 Å². The van der Waals surface area contributed by atoms with Gasteiger partial charge in [-0.1, -0.05) is 11.6 Å². The van der Waals surface area contributed by atoms with Gasteiger partial charge in [0.05, 0.1) is 22.8 Å². The molecule has 0 bridgehead atoms. The number of aryl methyl sites for hydroxylation is 2. The van der Waals surface area contributed by atoms with Crippen molar-refractivity contribution in [3.05, 3.63) is 44.7 Å². The highest BCUT2D eigenvalue weighted by Crippen LogP contribution is 2.26. The lowest BCUT2D eigenvalue weighted by Gasteiger charge is -2.12. The lowest BCUT2D eigenvalue weighted by Crippen LogP contribution is -2.17. The molecular weight excluding hydrogens is 362 g/mol. The summed E-state index contributed by atoms with van der Waals surface area (Å²) in [5.74, 6) is -0.619. The molecule has 0 atom stereocenters. The third kappa shape index (κ3) is 4.57. The van der Waals surface area contributed by atoms with E-state index in [-0.39, 0.29) is 30.5 Å². The highest BCUT2D eigenvalue weighted by Gasteiger charge is 2.22. The number of anilines is 2. The molecule has 138 valence electrons. The molecule has 0 fully saturated rings. The molecule has 26 heavy (non-hydrogen) atoms. The first-order chi connectivity index (χ1) is 12.2. The van der Waals surface area contributed by atoms with E-state index in [4.69, 9.17) is 11.6 Å². The Balaban J connectivity index is 2.07. The molecule has 10 heteroatoms. The number of nitrogens with one attached hydrogen (secondary N) is 2. The van der Waals surface area contributed by atoms with Gasteiger partial charge < -0.3 is 10.6 Å². The number of carbonyl (C=O) groups is 2. The van der Waals surface area contributed by atoms with Crippen molar-refractivity contribution in [3.8, 4) is 0 Å². The van der Waals surface area contributed by atoms with Crippen LogP contribution in [0.4, 0.5) is 17.1 Å². The monoisotopic (exact) mass is 379 g/mol. The van der Waals surface area contributed by atoms with Crippen molar-refractivity contribution in [1.29, 1.82) is 0 Å². The molecule has 0 aliphatic carbocycles. The van der Waals surface area contributed by atoms with Gasteiger partial charge in [0.1, 0.15) is 11.4 Å². The minimum atomic E-state index is -0.484. The number of nitrogens with zero attached hydrogens (tertiary/aromatic N) is 3. The fourth-order valence-corrected chi connectivity index (χ4v) is 2.68. The number of rotatable bonds is 6. The smallest absolute Gasteiger partial charge is 0.312 e. The minimum Gasteiger partial charge on any atom is -0.324 e. The van der Waals surface area contributed by atoms with Crippen molar-refractivity contribution >= 4 is 40.5 Å². The normalized spacial score (nSPS) is 10.5. The molecule has 9 nitrogen and oxygen atoms in total. The summed E-state index contributed by atoms with van der Waals surface area (Å²) in [4.78, 5) is 34.0. The van der Waals surface area contributed by atoms with Crippen LogP contribution in [0.2, 0.25) is 5.02 Å². The van der Waals surface area contributed by atoms with Crippen LogP contribution in [0, 0.1) is 24.0 Å². The molecular formula is C16H18ClN5O4. The molecule has 2 rings (SSSR count). The van der Waals surface area contributed by atoms with Crippen LogP contribution in [0.1, 0.15) is 24.7 Å². The molecule has 2 aromatic rings. The summed E-state index contributed by atoms with van der Waals surface area (Å²) >= 11 is 5.91. The number of hydrogen-bond donors (Lipinski definition) is 2. The summed E-state index contributed by atoms with van der Waals surface area (Å²) in [6, 6.07) is 4.70. The van der Waals surface area contributed by atoms with E-state index in [0.717, 1.165) is 0 Å². The SMILES string of the molecule is CC(=O)Nc1cc(Cl)ccc1NC(=O)CCn1nc(C)c([N+](=O)[O-])c1C. The van der Waals surface area contributed by atoms with Gasteiger partial charge in [0.2, 0.25) is 11.8 Å². The average Bonchev–Trinajstić information content (AvgIpc) is 2.81. The van der Waals surface area contributed by atoms with Gasteiger partial charge in [0.25, 0.3) is 0 Å². The summed E-state index contributed by atoms with van der Waals surface area (Å²) in [6.07, 6.45) is 0.0568. The molecule has 0 aliphatic heterocycles. The lowest BCUT2D eigenvalue weighted by atomic mass is 10.2. The zero-order chi connectivity index (χ0) is 19.4. The molecule has 0 radical (unpaired) electrons. The fraction of sp³-hybridized carbons (Fsp3) is 0.312. The van der Waals surface area contributed by atoms with Gasteiger partial charge >= 0.3 is 5.69 Å². The number of halogens is 1. The predicted octanol–water partition coefficient (Wildman–Crippen LogP) is 3.05. The fourth-order valence-electron chi connectivity index (χ4n) is 2.51. The topological polar surface area (TPSA) is 119 Å². The Bertz CT molecular complexity index is 878. The second kappa shape index (κ2) is 7.96. The second-order valence-corrected chi connectivity index (χ2v) is 6.11. The van der Waals surface area contributed by atoms with Crippen LogP contribution in [0.5, 0.6) is 0 Å². The molecule has 1 aromatic carbocycles. The van der Waals surface area contributed by atoms with Crippen molar-refractivity contribution in [2.24, 2.45) is 0 Å². The second-order valence-electron chi connectivity index (χ2n) is 5.67. The Morgan fingerprint density at radius 2 is 1.96 bits per heavy atom. The van der Waals surface area contributed by atoms with Gasteiger partial charge in [-0.15, -0.1) is 0 Å². The van der Waals surface area contributed by atoms with E-state index in [1.54, 1.807) is 26.0 Å². The van der Waals surface area contributed by atoms with Crippen molar-refractivity contribution < 1.29 is 14.5 Å². The maximum atomic E-state index is 12.2. The van der Waals surface area contributed by atoms with E-state index in [9.17, 15) is 19.7 Å². The molecule has 1 heterocycles. The minimum absolute atomic E-state index is 0.0453. The summed E-state index contributed by atoms with van der Waals surface area (Å²) in [5, 5.41) is 20.8. The molecule has 2 amide bonds. The van der Waals surface area contributed by atoms with E-state index in [1.165, 1.54) is 17.7 Å². The van der Waals surface area contributed by atoms with Crippen LogP contribution in [-0.4, -0.2) is 26.5 Å². The van der Waals surface area contributed by atoms with E-state index in [1.807, 2.05) is 0 Å². The molecule has 0 aliphatic rings. The van der Waals surface area contributed by atoms with E-state index in [0.29, 0.717) is 27.8 Å². The molecule has 0 saturated carbocycles. The van der Waals surface area contributed by atoms with Crippen molar-refractivity contribution in [1.82, 2.24) is 9.78 Å². The zero-order valence-electron chi connectivity index (χ0n) is 14.5. The zero-order valence-corrected chi connectivity index (χ0v) is 15.3. The van der Waals surface area contributed by atoms with Crippen LogP contribution < -0.4 is 10.6 Å². The molecule has 2 N–H and O–H groups in total. The summed E-state index contributed by atoms with van der Waals surface area (Å²) in [7, 11) is 0. The van der Waals surface area contributed by atoms with E-state index < -0.39 is 4.92 Å². The summed E-state index contributed by atoms with van der Waals surface area (Å²) in [6.45, 7) is 4.68. The summed E-state index contributed by atoms with van der Waals surface area (Å²) in [5.41, 5.74) is 1.45. The Labute approximate surface area is 154 Å². The highest BCUT2D eigenvalue weighted by molar-refractivity contribution is 6.31. The highest BCUT2D eigenvalue weighted by atomic mass is 35.5. The Morgan fingerprint density at radius 1 is 1.27 bits per heavy atom. The van der Waals surface area contributed by atoms with E-state index in [2.05, 4.69) is 15.7 Å². The van der Waals surface area contributed by atoms with Crippen LogP contribution in [0.25, 0.3) is 0 Å². The van der Waals surface area contributed by atoms with Gasteiger partial charge in [-0.3, -0.25) is 24.4 Å². The third-order valence-electron chi connectivity index (χ3n) is 3.64. The van der Waals surface area contributed by atoms with Crippen LogP contribution >= 0.6 is 11.6 Å². The Morgan fingerprint density at radius 3 is 2.54 bits per heavy atom. The largest absolute Gasteiger partial charge is 0.324 e. The number of benzene rings is 1.